The first-order chi connectivity index (χ1) is 11.7. The van der Waals surface area contributed by atoms with E-state index in [0.717, 1.165) is 15.4 Å². The number of carbonyl (C=O) groups is 1. The van der Waals surface area contributed by atoms with Crippen LogP contribution in [0.4, 0.5) is 0 Å². The van der Waals surface area contributed by atoms with Gasteiger partial charge in [-0.1, -0.05) is 41.4 Å². The average molecular weight is 381 g/mol. The Hall–Kier alpha value is -1.89. The molecule has 0 aliphatic carbocycles. The van der Waals surface area contributed by atoms with Gasteiger partial charge in [0.05, 0.1) is 17.5 Å². The lowest BCUT2D eigenvalue weighted by molar-refractivity contribution is -0.121. The van der Waals surface area contributed by atoms with E-state index < -0.39 is 10.0 Å². The smallest absolute Gasteiger partial charge is 0.243 e. The summed E-state index contributed by atoms with van der Waals surface area (Å²) in [4.78, 5) is 12.4. The fourth-order valence-corrected chi connectivity index (χ4v) is 3.55. The molecule has 0 radical (unpaired) electrons. The Bertz CT molecular complexity index is 834. The van der Waals surface area contributed by atoms with E-state index in [1.165, 1.54) is 19.2 Å². The Balaban J connectivity index is 2.01. The highest BCUT2D eigenvalue weighted by Gasteiger charge is 2.23. The Labute approximate surface area is 153 Å². The maximum Gasteiger partial charge on any atom is 0.243 e. The van der Waals surface area contributed by atoms with Gasteiger partial charge in [0, 0.05) is 12.1 Å². The molecule has 2 aromatic rings. The van der Waals surface area contributed by atoms with Crippen LogP contribution in [0.25, 0.3) is 0 Å². The van der Waals surface area contributed by atoms with Gasteiger partial charge in [-0.15, -0.1) is 0 Å². The minimum atomic E-state index is -3.70. The molecule has 0 heterocycles. The highest BCUT2D eigenvalue weighted by Crippen LogP contribution is 2.17. The maximum atomic E-state index is 12.5. The molecule has 1 N–H and O–H groups in total. The molecule has 0 aliphatic rings. The first kappa shape index (κ1) is 19.4. The second-order valence-electron chi connectivity index (χ2n) is 5.91. The number of sulfonamides is 1. The van der Waals surface area contributed by atoms with Crippen molar-refractivity contribution in [2.45, 2.75) is 24.8 Å². The van der Waals surface area contributed by atoms with E-state index >= 15 is 0 Å². The first-order valence-electron chi connectivity index (χ1n) is 7.78. The molecule has 2 rings (SSSR count). The molecule has 5 nitrogen and oxygen atoms in total. The number of carbonyl (C=O) groups excluding carboxylic acids is 1. The van der Waals surface area contributed by atoms with Crippen molar-refractivity contribution in [2.75, 3.05) is 13.6 Å². The quantitative estimate of drug-likeness (QED) is 0.837. The number of nitrogens with zero attached hydrogens (tertiary/aromatic N) is 1. The fourth-order valence-electron chi connectivity index (χ4n) is 2.30. The normalized spacial score (nSPS) is 12.8. The Morgan fingerprint density at radius 1 is 1.12 bits per heavy atom. The van der Waals surface area contributed by atoms with Crippen molar-refractivity contribution in [3.05, 3.63) is 64.7 Å². The zero-order chi connectivity index (χ0) is 18.6. The molecule has 1 atom stereocenters. The Morgan fingerprint density at radius 2 is 1.68 bits per heavy atom. The van der Waals surface area contributed by atoms with Crippen LogP contribution in [0, 0.1) is 6.92 Å². The Kier molecular flexibility index (Phi) is 6.21. The van der Waals surface area contributed by atoms with Crippen LogP contribution in [0.1, 0.15) is 24.1 Å². The molecule has 0 spiro atoms. The summed E-state index contributed by atoms with van der Waals surface area (Å²) in [6.07, 6.45) is 0. The number of nitrogens with one attached hydrogen (secondary N) is 1. The molecule has 7 heteroatoms. The van der Waals surface area contributed by atoms with Gasteiger partial charge < -0.3 is 5.32 Å². The predicted octanol–water partition coefficient (Wildman–Crippen LogP) is 3.15. The summed E-state index contributed by atoms with van der Waals surface area (Å²) in [6, 6.07) is 13.4. The number of hydrogen-bond acceptors (Lipinski definition) is 3. The largest absolute Gasteiger partial charge is 0.348 e. The first-order valence-corrected chi connectivity index (χ1v) is 9.60. The van der Waals surface area contributed by atoms with Crippen LogP contribution < -0.4 is 5.32 Å². The van der Waals surface area contributed by atoms with E-state index in [1.54, 1.807) is 24.3 Å². The van der Waals surface area contributed by atoms with Gasteiger partial charge in [0.25, 0.3) is 0 Å². The minimum absolute atomic E-state index is 0.166. The minimum Gasteiger partial charge on any atom is -0.348 e. The van der Waals surface area contributed by atoms with Crippen molar-refractivity contribution in [3.63, 3.8) is 0 Å². The van der Waals surface area contributed by atoms with Crippen molar-refractivity contribution < 1.29 is 13.2 Å². The van der Waals surface area contributed by atoms with Crippen molar-refractivity contribution in [1.82, 2.24) is 9.62 Å². The molecular formula is C18H21ClN2O3S. The van der Waals surface area contributed by atoms with Crippen LogP contribution in [-0.2, 0) is 14.8 Å². The van der Waals surface area contributed by atoms with E-state index in [1.807, 2.05) is 26.0 Å². The van der Waals surface area contributed by atoms with Crippen LogP contribution in [0.3, 0.4) is 0 Å². The number of likely N-dealkylation sites (N-methyl/N-ethyl adjacent to an activating group) is 1. The SMILES string of the molecule is Cc1ccc(S(=O)(=O)N(C)CC(=O)NC(C)c2ccc(Cl)cc2)cc1. The molecule has 2 aromatic carbocycles. The van der Waals surface area contributed by atoms with E-state index in [2.05, 4.69) is 5.32 Å². The molecular weight excluding hydrogens is 360 g/mol. The van der Waals surface area contributed by atoms with Gasteiger partial charge in [-0.3, -0.25) is 4.79 Å². The number of halogens is 1. The van der Waals surface area contributed by atoms with Gasteiger partial charge in [-0.2, -0.15) is 4.31 Å². The van der Waals surface area contributed by atoms with Crippen molar-refractivity contribution in [1.29, 1.82) is 0 Å². The summed E-state index contributed by atoms with van der Waals surface area (Å²) in [5.41, 5.74) is 1.86. The van der Waals surface area contributed by atoms with Gasteiger partial charge in [-0.05, 0) is 43.7 Å². The lowest BCUT2D eigenvalue weighted by Gasteiger charge is -2.19. The summed E-state index contributed by atoms with van der Waals surface area (Å²) >= 11 is 5.85. The van der Waals surface area contributed by atoms with E-state index in [9.17, 15) is 13.2 Å². The van der Waals surface area contributed by atoms with Crippen molar-refractivity contribution in [2.24, 2.45) is 0 Å². The highest BCUT2D eigenvalue weighted by molar-refractivity contribution is 7.89. The molecule has 25 heavy (non-hydrogen) atoms. The molecule has 1 unspecified atom stereocenters. The molecule has 0 bridgehead atoms. The summed E-state index contributed by atoms with van der Waals surface area (Å²) in [6.45, 7) is 3.45. The van der Waals surface area contributed by atoms with Crippen molar-refractivity contribution in [3.8, 4) is 0 Å². The molecule has 0 fully saturated rings. The van der Waals surface area contributed by atoms with Crippen molar-refractivity contribution >= 4 is 27.5 Å². The monoisotopic (exact) mass is 380 g/mol. The molecule has 0 saturated carbocycles. The lowest BCUT2D eigenvalue weighted by atomic mass is 10.1. The van der Waals surface area contributed by atoms with E-state index in [4.69, 9.17) is 11.6 Å². The molecule has 0 aromatic heterocycles. The third-order valence-electron chi connectivity index (χ3n) is 3.84. The standard InChI is InChI=1S/C18H21ClN2O3S/c1-13-4-10-17(11-5-13)25(23,24)21(3)12-18(22)20-14(2)15-6-8-16(19)9-7-15/h4-11,14H,12H2,1-3H3,(H,20,22). The number of rotatable bonds is 6. The van der Waals surface area contributed by atoms with Gasteiger partial charge in [0.2, 0.25) is 15.9 Å². The molecule has 0 saturated heterocycles. The van der Waals surface area contributed by atoms with Crippen LogP contribution >= 0.6 is 11.6 Å². The van der Waals surface area contributed by atoms with Gasteiger partial charge in [0.1, 0.15) is 0 Å². The second-order valence-corrected chi connectivity index (χ2v) is 8.40. The zero-order valence-corrected chi connectivity index (χ0v) is 15.9. The number of aryl methyl sites for hydroxylation is 1. The van der Waals surface area contributed by atoms with Gasteiger partial charge in [-0.25, -0.2) is 8.42 Å². The molecule has 0 aliphatic heterocycles. The summed E-state index contributed by atoms with van der Waals surface area (Å²) < 4.78 is 26.1. The lowest BCUT2D eigenvalue weighted by Crippen LogP contribution is -2.39. The topological polar surface area (TPSA) is 66.5 Å². The number of amides is 1. The van der Waals surface area contributed by atoms with Crippen LogP contribution in [0.5, 0.6) is 0 Å². The summed E-state index contributed by atoms with van der Waals surface area (Å²) in [5, 5.41) is 3.41. The maximum absolute atomic E-state index is 12.5. The number of benzene rings is 2. The van der Waals surface area contributed by atoms with Gasteiger partial charge in [0.15, 0.2) is 0 Å². The molecule has 1 amide bonds. The van der Waals surface area contributed by atoms with Crippen LogP contribution in [0.15, 0.2) is 53.4 Å². The highest BCUT2D eigenvalue weighted by atomic mass is 35.5. The molecule has 134 valence electrons. The van der Waals surface area contributed by atoms with Crippen LogP contribution in [0.2, 0.25) is 5.02 Å². The van der Waals surface area contributed by atoms with E-state index in [0.29, 0.717) is 5.02 Å². The third-order valence-corrected chi connectivity index (χ3v) is 5.91. The van der Waals surface area contributed by atoms with E-state index in [-0.39, 0.29) is 23.4 Å². The van der Waals surface area contributed by atoms with Crippen LogP contribution in [-0.4, -0.2) is 32.2 Å². The predicted molar refractivity (Wildman–Crippen MR) is 99.0 cm³/mol. The summed E-state index contributed by atoms with van der Waals surface area (Å²) in [5.74, 6) is -0.374. The second kappa shape index (κ2) is 7.99. The Morgan fingerprint density at radius 3 is 2.24 bits per heavy atom. The zero-order valence-electron chi connectivity index (χ0n) is 14.4. The van der Waals surface area contributed by atoms with Gasteiger partial charge >= 0.3 is 0 Å². The summed E-state index contributed by atoms with van der Waals surface area (Å²) in [7, 11) is -2.31. The average Bonchev–Trinajstić information content (AvgIpc) is 2.55. The number of hydrogen-bond donors (Lipinski definition) is 1. The third kappa shape index (κ3) is 5.04. The fraction of sp³-hybridized carbons (Fsp3) is 0.278.